The van der Waals surface area contributed by atoms with Crippen LogP contribution in [0.1, 0.15) is 27.7 Å². The second-order valence-corrected chi connectivity index (χ2v) is 6.95. The average molecular weight is 284 g/mol. The molecule has 4 nitrogen and oxygen atoms in total. The maximum Gasteiger partial charge on any atom is 0.491 e. The van der Waals surface area contributed by atoms with Crippen molar-refractivity contribution in [2.75, 3.05) is 6.26 Å². The molecule has 0 unspecified atom stereocenters. The highest BCUT2D eigenvalue weighted by atomic mass is 32.2. The summed E-state index contributed by atoms with van der Waals surface area (Å²) in [6.45, 7) is 6.66. The Bertz CT molecular complexity index is 468. The normalized spacial score (nSPS) is 14.3. The smallest absolute Gasteiger partial charge is 0.423 e. The fourth-order valence-electron chi connectivity index (χ4n) is 1.34. The Morgan fingerprint density at radius 2 is 1.84 bits per heavy atom. The van der Waals surface area contributed by atoms with Crippen LogP contribution in [0.4, 0.5) is 0 Å². The Kier molecular flexibility index (Phi) is 4.95. The maximum absolute atomic E-state index is 11.4. The van der Waals surface area contributed by atoms with Crippen LogP contribution in [0, 0.1) is 0 Å². The molecule has 0 heterocycles. The third-order valence-corrected chi connectivity index (χ3v) is 4.27. The van der Waals surface area contributed by atoms with Gasteiger partial charge in [-0.1, -0.05) is 12.1 Å². The first-order valence-electron chi connectivity index (χ1n) is 6.06. The van der Waals surface area contributed by atoms with E-state index in [0.717, 1.165) is 0 Å². The topological polar surface area (TPSA) is 66.8 Å². The quantitative estimate of drug-likeness (QED) is 0.780. The highest BCUT2D eigenvalue weighted by Gasteiger charge is 2.39. The summed E-state index contributed by atoms with van der Waals surface area (Å²) in [4.78, 5) is 0.626. The zero-order chi connectivity index (χ0) is 14.8. The van der Waals surface area contributed by atoms with Gasteiger partial charge < -0.3 is 14.8 Å². The first kappa shape index (κ1) is 16.4. The third-order valence-electron chi connectivity index (χ3n) is 3.35. The summed E-state index contributed by atoms with van der Waals surface area (Å²) in [5, 5.41) is 20.1. The van der Waals surface area contributed by atoms with Gasteiger partial charge in [-0.25, -0.2) is 0 Å². The Labute approximate surface area is 117 Å². The van der Waals surface area contributed by atoms with Crippen LogP contribution >= 0.6 is 0 Å². The van der Waals surface area contributed by atoms with Crippen molar-refractivity contribution in [1.29, 1.82) is 0 Å². The van der Waals surface area contributed by atoms with Gasteiger partial charge in [-0.3, -0.25) is 4.21 Å². The van der Waals surface area contributed by atoms with Crippen molar-refractivity contribution in [3.63, 3.8) is 0 Å². The van der Waals surface area contributed by atoms with Gasteiger partial charge in [0.15, 0.2) is 0 Å². The van der Waals surface area contributed by atoms with Crippen molar-refractivity contribution in [3.8, 4) is 0 Å². The molecule has 0 spiro atoms. The molecule has 2 N–H and O–H groups in total. The van der Waals surface area contributed by atoms with Gasteiger partial charge in [0.1, 0.15) is 0 Å². The van der Waals surface area contributed by atoms with Gasteiger partial charge in [0.25, 0.3) is 0 Å². The summed E-state index contributed by atoms with van der Waals surface area (Å²) in [5.74, 6) is 0. The van der Waals surface area contributed by atoms with Crippen LogP contribution in [-0.2, 0) is 15.5 Å². The van der Waals surface area contributed by atoms with E-state index in [9.17, 15) is 14.3 Å². The van der Waals surface area contributed by atoms with Crippen molar-refractivity contribution in [2.24, 2.45) is 0 Å². The molecule has 0 amide bonds. The number of rotatable bonds is 5. The Morgan fingerprint density at radius 3 is 2.32 bits per heavy atom. The van der Waals surface area contributed by atoms with Gasteiger partial charge in [-0.05, 0) is 45.3 Å². The average Bonchev–Trinajstić information content (AvgIpc) is 2.27. The molecule has 0 aliphatic heterocycles. The fraction of sp³-hybridized carbons (Fsp3) is 0.538. The zero-order valence-corrected chi connectivity index (χ0v) is 12.8. The first-order valence-corrected chi connectivity index (χ1v) is 7.62. The van der Waals surface area contributed by atoms with Crippen molar-refractivity contribution >= 4 is 23.4 Å². The van der Waals surface area contributed by atoms with Gasteiger partial charge in [-0.2, -0.15) is 0 Å². The molecular weight excluding hydrogens is 263 g/mol. The summed E-state index contributed by atoms with van der Waals surface area (Å²) >= 11 is 0. The molecule has 0 fully saturated rings. The summed E-state index contributed by atoms with van der Waals surface area (Å²) in [6, 6.07) is 6.78. The second-order valence-electron chi connectivity index (χ2n) is 5.57. The first-order chi connectivity index (χ1) is 8.54. The van der Waals surface area contributed by atoms with Gasteiger partial charge in [-0.15, -0.1) is 0 Å². The monoisotopic (exact) mass is 284 g/mol. The molecule has 0 bridgehead atoms. The summed E-state index contributed by atoms with van der Waals surface area (Å²) in [6.07, 6.45) is 1.58. The van der Waals surface area contributed by atoms with Crippen LogP contribution < -0.4 is 5.46 Å². The largest absolute Gasteiger partial charge is 0.491 e. The Morgan fingerprint density at radius 1 is 1.26 bits per heavy atom. The molecule has 19 heavy (non-hydrogen) atoms. The van der Waals surface area contributed by atoms with Crippen LogP contribution in [0.25, 0.3) is 0 Å². The van der Waals surface area contributed by atoms with E-state index in [-0.39, 0.29) is 0 Å². The van der Waals surface area contributed by atoms with Gasteiger partial charge in [0.05, 0.1) is 11.2 Å². The van der Waals surface area contributed by atoms with Crippen molar-refractivity contribution in [1.82, 2.24) is 0 Å². The number of hydrogen-bond donors (Lipinski definition) is 2. The lowest BCUT2D eigenvalue weighted by Crippen LogP contribution is -2.53. The van der Waals surface area contributed by atoms with Gasteiger partial charge in [0.2, 0.25) is 0 Å². The standard InChI is InChI=1S/C13H21BO4S/c1-12(2,15)13(3,4)18-14(16)10-7-6-8-11(9-10)19(5)17/h6-9,15-16H,1-5H3/t19-/m1/s1. The fourth-order valence-corrected chi connectivity index (χ4v) is 1.91. The van der Waals surface area contributed by atoms with Crippen molar-refractivity contribution in [2.45, 2.75) is 43.8 Å². The Hall–Kier alpha value is -0.685. The number of aliphatic hydroxyl groups is 1. The van der Waals surface area contributed by atoms with E-state index < -0.39 is 29.1 Å². The van der Waals surface area contributed by atoms with E-state index in [2.05, 4.69) is 0 Å². The highest BCUT2D eigenvalue weighted by molar-refractivity contribution is 7.84. The van der Waals surface area contributed by atoms with Crippen LogP contribution in [-0.4, -0.2) is 38.9 Å². The molecule has 1 aromatic rings. The molecule has 0 radical (unpaired) electrons. The summed E-state index contributed by atoms with van der Waals surface area (Å²) in [5.41, 5.74) is -1.50. The molecule has 106 valence electrons. The highest BCUT2D eigenvalue weighted by Crippen LogP contribution is 2.25. The van der Waals surface area contributed by atoms with Crippen LogP contribution in [0.2, 0.25) is 0 Å². The van der Waals surface area contributed by atoms with Crippen LogP contribution in [0.5, 0.6) is 0 Å². The van der Waals surface area contributed by atoms with Crippen LogP contribution in [0.3, 0.4) is 0 Å². The van der Waals surface area contributed by atoms with Crippen LogP contribution in [0.15, 0.2) is 29.2 Å². The minimum absolute atomic E-state index is 0.519. The predicted octanol–water partition coefficient (Wildman–Crippen LogP) is 0.678. The predicted molar refractivity (Wildman–Crippen MR) is 77.8 cm³/mol. The molecule has 1 rings (SSSR count). The molecule has 0 aromatic heterocycles. The maximum atomic E-state index is 11.4. The summed E-state index contributed by atoms with van der Waals surface area (Å²) in [7, 11) is -2.29. The van der Waals surface area contributed by atoms with Crippen molar-refractivity contribution < 1.29 is 19.0 Å². The van der Waals surface area contributed by atoms with E-state index in [4.69, 9.17) is 4.65 Å². The SMILES string of the molecule is C[S@@](=O)c1cccc(B(O)OC(C)(C)C(C)(C)O)c1. The lowest BCUT2D eigenvalue weighted by atomic mass is 9.76. The Balaban J connectivity index is 2.93. The lowest BCUT2D eigenvalue weighted by molar-refractivity contribution is -0.0982. The molecule has 0 saturated heterocycles. The number of benzene rings is 1. The minimum atomic E-state index is -1.18. The molecule has 6 heteroatoms. The molecular formula is C13H21BO4S. The molecule has 0 saturated carbocycles. The summed E-state index contributed by atoms with van der Waals surface area (Å²) < 4.78 is 16.9. The second kappa shape index (κ2) is 5.75. The van der Waals surface area contributed by atoms with E-state index in [1.807, 2.05) is 0 Å². The molecule has 0 aliphatic rings. The van der Waals surface area contributed by atoms with Gasteiger partial charge in [0, 0.05) is 22.0 Å². The van der Waals surface area contributed by atoms with E-state index >= 15 is 0 Å². The molecule has 1 atom stereocenters. The molecule has 1 aromatic carbocycles. The minimum Gasteiger partial charge on any atom is -0.423 e. The molecule has 0 aliphatic carbocycles. The third kappa shape index (κ3) is 4.14. The van der Waals surface area contributed by atoms with E-state index in [1.54, 1.807) is 58.2 Å². The zero-order valence-electron chi connectivity index (χ0n) is 12.0. The van der Waals surface area contributed by atoms with Crippen molar-refractivity contribution in [3.05, 3.63) is 24.3 Å². The van der Waals surface area contributed by atoms with E-state index in [1.165, 1.54) is 0 Å². The van der Waals surface area contributed by atoms with Gasteiger partial charge >= 0.3 is 7.12 Å². The number of hydrogen-bond acceptors (Lipinski definition) is 4. The van der Waals surface area contributed by atoms with E-state index in [0.29, 0.717) is 10.4 Å². The lowest BCUT2D eigenvalue weighted by Gasteiger charge is -2.38.